The zero-order valence-electron chi connectivity index (χ0n) is 11.1. The predicted molar refractivity (Wildman–Crippen MR) is 70.0 cm³/mol. The fourth-order valence-corrected chi connectivity index (χ4v) is 1.99. The Labute approximate surface area is 110 Å². The molecule has 0 saturated heterocycles. The van der Waals surface area contributed by atoms with Gasteiger partial charge in [-0.05, 0) is 6.92 Å². The third kappa shape index (κ3) is 2.56. The van der Waals surface area contributed by atoms with E-state index in [9.17, 15) is 10.1 Å². The summed E-state index contributed by atoms with van der Waals surface area (Å²) in [6.45, 7) is 2.19. The fraction of sp³-hybridized carbons (Fsp3) is 0.455. The molecule has 0 spiro atoms. The lowest BCUT2D eigenvalue weighted by Crippen LogP contribution is -2.12. The molecule has 0 aliphatic heterocycles. The number of nitro groups is 1. The lowest BCUT2D eigenvalue weighted by Gasteiger charge is -2.06. The molecule has 0 fully saturated rings. The van der Waals surface area contributed by atoms with Crippen molar-refractivity contribution in [2.45, 2.75) is 13.3 Å². The van der Waals surface area contributed by atoms with Crippen molar-refractivity contribution in [2.75, 3.05) is 11.9 Å². The van der Waals surface area contributed by atoms with E-state index in [1.54, 1.807) is 20.2 Å². The second kappa shape index (κ2) is 5.09. The maximum Gasteiger partial charge on any atom is 0.333 e. The first-order valence-corrected chi connectivity index (χ1v) is 5.88. The highest BCUT2D eigenvalue weighted by atomic mass is 16.6. The lowest BCUT2D eigenvalue weighted by atomic mass is 10.3. The van der Waals surface area contributed by atoms with Gasteiger partial charge in [-0.25, -0.2) is 9.67 Å². The standard InChI is InChI=1S/C11H16N6O2/c1-8-10(17(18)19)11(16(3)14-8)13-5-4-9-12-6-7-15(9)2/h6-7,13H,4-5H2,1-3H3. The van der Waals surface area contributed by atoms with Crippen molar-refractivity contribution >= 4 is 11.5 Å². The van der Waals surface area contributed by atoms with Gasteiger partial charge in [0.15, 0.2) is 0 Å². The smallest absolute Gasteiger partial charge is 0.333 e. The number of imidazole rings is 1. The summed E-state index contributed by atoms with van der Waals surface area (Å²) < 4.78 is 3.41. The molecule has 2 aromatic rings. The van der Waals surface area contributed by atoms with Gasteiger partial charge in [0.2, 0.25) is 5.82 Å². The Morgan fingerprint density at radius 3 is 2.79 bits per heavy atom. The average Bonchev–Trinajstić information content (AvgIpc) is 2.84. The number of aromatic nitrogens is 4. The summed E-state index contributed by atoms with van der Waals surface area (Å²) >= 11 is 0. The SMILES string of the molecule is Cc1nn(C)c(NCCc2nccn2C)c1[N+](=O)[O-]. The molecule has 19 heavy (non-hydrogen) atoms. The minimum Gasteiger partial charge on any atom is -0.364 e. The van der Waals surface area contributed by atoms with E-state index < -0.39 is 4.92 Å². The topological polar surface area (TPSA) is 90.8 Å². The van der Waals surface area contributed by atoms with Crippen molar-refractivity contribution in [3.8, 4) is 0 Å². The number of aryl methyl sites for hydroxylation is 3. The maximum atomic E-state index is 11.0. The van der Waals surface area contributed by atoms with Crippen LogP contribution in [0.15, 0.2) is 12.4 Å². The minimum atomic E-state index is -0.411. The molecule has 1 N–H and O–H groups in total. The van der Waals surface area contributed by atoms with Crippen molar-refractivity contribution in [3.05, 3.63) is 34.0 Å². The molecule has 2 heterocycles. The largest absolute Gasteiger partial charge is 0.364 e. The Balaban J connectivity index is 2.08. The van der Waals surface area contributed by atoms with Crippen molar-refractivity contribution in [1.82, 2.24) is 19.3 Å². The summed E-state index contributed by atoms with van der Waals surface area (Å²) in [5.41, 5.74) is 0.439. The van der Waals surface area contributed by atoms with Gasteiger partial charge >= 0.3 is 5.69 Å². The molecule has 8 nitrogen and oxygen atoms in total. The van der Waals surface area contributed by atoms with Crippen LogP contribution in [0.3, 0.4) is 0 Å². The molecular formula is C11H16N6O2. The summed E-state index contributed by atoms with van der Waals surface area (Å²) in [6.07, 6.45) is 4.28. The summed E-state index contributed by atoms with van der Waals surface area (Å²) in [5.74, 6) is 1.35. The van der Waals surface area contributed by atoms with Gasteiger partial charge in [0, 0.05) is 39.5 Å². The molecule has 2 rings (SSSR count). The van der Waals surface area contributed by atoms with E-state index in [0.29, 0.717) is 24.5 Å². The molecule has 2 aromatic heterocycles. The number of rotatable bonds is 5. The molecular weight excluding hydrogens is 248 g/mol. The molecule has 8 heteroatoms. The first-order chi connectivity index (χ1) is 9.00. The van der Waals surface area contributed by atoms with E-state index in [-0.39, 0.29) is 5.69 Å². The summed E-state index contributed by atoms with van der Waals surface area (Å²) in [6, 6.07) is 0. The van der Waals surface area contributed by atoms with Crippen molar-refractivity contribution in [1.29, 1.82) is 0 Å². The second-order valence-electron chi connectivity index (χ2n) is 4.29. The molecule has 0 amide bonds. The first-order valence-electron chi connectivity index (χ1n) is 5.88. The molecule has 0 atom stereocenters. The average molecular weight is 264 g/mol. The molecule has 102 valence electrons. The van der Waals surface area contributed by atoms with Crippen molar-refractivity contribution in [2.24, 2.45) is 14.1 Å². The van der Waals surface area contributed by atoms with Gasteiger partial charge in [-0.1, -0.05) is 0 Å². The summed E-state index contributed by atoms with van der Waals surface area (Å²) in [5, 5.41) is 18.1. The van der Waals surface area contributed by atoms with Crippen LogP contribution >= 0.6 is 0 Å². The monoisotopic (exact) mass is 264 g/mol. The molecule has 0 bridgehead atoms. The Bertz CT molecular complexity index is 600. The van der Waals surface area contributed by atoms with Gasteiger partial charge in [0.05, 0.1) is 4.92 Å². The molecule has 0 aliphatic rings. The molecule has 0 radical (unpaired) electrons. The van der Waals surface area contributed by atoms with E-state index in [4.69, 9.17) is 0 Å². The zero-order valence-corrected chi connectivity index (χ0v) is 11.1. The van der Waals surface area contributed by atoms with Crippen LogP contribution < -0.4 is 5.32 Å². The van der Waals surface area contributed by atoms with E-state index in [2.05, 4.69) is 15.4 Å². The molecule has 0 saturated carbocycles. The molecule has 0 aliphatic carbocycles. The number of hydrogen-bond acceptors (Lipinski definition) is 5. The number of nitrogens with zero attached hydrogens (tertiary/aromatic N) is 5. The highest BCUT2D eigenvalue weighted by Gasteiger charge is 2.23. The van der Waals surface area contributed by atoms with Gasteiger partial charge in [-0.2, -0.15) is 5.10 Å². The van der Waals surface area contributed by atoms with Gasteiger partial charge < -0.3 is 9.88 Å². The minimum absolute atomic E-state index is 0.0299. The van der Waals surface area contributed by atoms with Gasteiger partial charge in [0.25, 0.3) is 0 Å². The Hall–Kier alpha value is -2.38. The summed E-state index contributed by atoms with van der Waals surface area (Å²) in [7, 11) is 3.60. The van der Waals surface area contributed by atoms with Crippen LogP contribution in [0.4, 0.5) is 11.5 Å². The highest BCUT2D eigenvalue weighted by molar-refractivity contribution is 5.59. The molecule has 0 unspecified atom stereocenters. The number of hydrogen-bond donors (Lipinski definition) is 1. The quantitative estimate of drug-likeness (QED) is 0.643. The van der Waals surface area contributed by atoms with Crippen LogP contribution in [-0.2, 0) is 20.5 Å². The van der Waals surface area contributed by atoms with Gasteiger partial charge in [-0.15, -0.1) is 0 Å². The highest BCUT2D eigenvalue weighted by Crippen LogP contribution is 2.26. The van der Waals surface area contributed by atoms with Crippen LogP contribution in [-0.4, -0.2) is 30.8 Å². The number of anilines is 1. The number of nitrogens with one attached hydrogen (secondary N) is 1. The van der Waals surface area contributed by atoms with Crippen LogP contribution in [0.1, 0.15) is 11.5 Å². The van der Waals surface area contributed by atoms with Crippen LogP contribution in [0.25, 0.3) is 0 Å². The van der Waals surface area contributed by atoms with Gasteiger partial charge in [-0.3, -0.25) is 10.1 Å². The zero-order chi connectivity index (χ0) is 14.0. The van der Waals surface area contributed by atoms with Crippen molar-refractivity contribution < 1.29 is 4.92 Å². The fourth-order valence-electron chi connectivity index (χ4n) is 1.99. The Morgan fingerprint density at radius 1 is 1.47 bits per heavy atom. The Kier molecular flexibility index (Phi) is 3.50. The third-order valence-corrected chi connectivity index (χ3v) is 2.94. The van der Waals surface area contributed by atoms with Crippen LogP contribution in [0.2, 0.25) is 0 Å². The predicted octanol–water partition coefficient (Wildman–Crippen LogP) is 1.02. The van der Waals surface area contributed by atoms with E-state index in [1.165, 1.54) is 4.68 Å². The molecule has 0 aromatic carbocycles. The second-order valence-corrected chi connectivity index (χ2v) is 4.29. The normalized spacial score (nSPS) is 10.7. The van der Waals surface area contributed by atoms with Gasteiger partial charge in [0.1, 0.15) is 11.5 Å². The van der Waals surface area contributed by atoms with E-state index in [0.717, 1.165) is 5.82 Å². The lowest BCUT2D eigenvalue weighted by molar-refractivity contribution is -0.384. The van der Waals surface area contributed by atoms with E-state index in [1.807, 2.05) is 17.8 Å². The van der Waals surface area contributed by atoms with Crippen LogP contribution in [0, 0.1) is 17.0 Å². The third-order valence-electron chi connectivity index (χ3n) is 2.94. The first kappa shape index (κ1) is 13.1. The Morgan fingerprint density at radius 2 is 2.21 bits per heavy atom. The summed E-state index contributed by atoms with van der Waals surface area (Å²) in [4.78, 5) is 14.8. The van der Waals surface area contributed by atoms with Crippen molar-refractivity contribution in [3.63, 3.8) is 0 Å². The maximum absolute atomic E-state index is 11.0. The van der Waals surface area contributed by atoms with E-state index >= 15 is 0 Å². The van der Waals surface area contributed by atoms with Crippen LogP contribution in [0.5, 0.6) is 0 Å².